The lowest BCUT2D eigenvalue weighted by Crippen LogP contribution is -2.68. The van der Waals surface area contributed by atoms with Crippen LogP contribution in [0, 0.1) is 17.7 Å². The molecule has 1 aromatic heterocycles. The summed E-state index contributed by atoms with van der Waals surface area (Å²) in [6.07, 6.45) is 0.364. The third-order valence-corrected chi connectivity index (χ3v) is 16.3. The van der Waals surface area contributed by atoms with Gasteiger partial charge in [0, 0.05) is 17.3 Å². The molecule has 9 heteroatoms. The molecular weight excluding hydrogens is 713 g/mol. The van der Waals surface area contributed by atoms with Gasteiger partial charge in [-0.25, -0.2) is 4.39 Å². The Kier molecular flexibility index (Phi) is 12.1. The normalized spacial score (nSPS) is 13.7. The molecule has 1 aliphatic rings. The van der Waals surface area contributed by atoms with Gasteiger partial charge in [-0.3, -0.25) is 14.3 Å². The molecule has 5 aromatic rings. The van der Waals surface area contributed by atoms with Gasteiger partial charge in [-0.2, -0.15) is 0 Å². The van der Waals surface area contributed by atoms with E-state index >= 15 is 0 Å². The smallest absolute Gasteiger partial charge is 0.305 e. The number of aryl methyl sites for hydroxylation is 1. The Morgan fingerprint density at radius 2 is 1.52 bits per heavy atom. The third kappa shape index (κ3) is 8.36. The van der Waals surface area contributed by atoms with Gasteiger partial charge >= 0.3 is 5.97 Å². The number of carboxylic acids is 1. The number of pyridine rings is 1. The standard InChI is InChI=1S/C45H47FNO5PSi/c1-31(2)43-39(42(33-22-25-34(46)26-23-33)40-27-24-32-15-12-13-20-38(32)44(40)47-43)21-14-28-51-53(50)30-35(29-41(48)49)52-54(45(3,4)5,36-16-8-6-9-17-36)37-18-10-7-11-19-37/h6-13,15-20,22-23,25-26,31,35,53H,24,27-30H2,1-5H3,(H,48,49). The second-order valence-electron chi connectivity index (χ2n) is 15.1. The van der Waals surface area contributed by atoms with Crippen LogP contribution in [-0.4, -0.2) is 43.2 Å². The SMILES string of the molecule is CC(C)c1nc2c(c(-c3ccc(F)cc3)c1C#CCO[PH](=O)CC(CC(=O)O)O[Si](c1ccccc1)(c1ccccc1)C(C)(C)C)CCc1ccccc1-2. The van der Waals surface area contributed by atoms with E-state index in [1.54, 1.807) is 12.1 Å². The molecule has 0 bridgehead atoms. The molecule has 0 aliphatic heterocycles. The maximum absolute atomic E-state index is 14.1. The Balaban J connectivity index is 1.31. The van der Waals surface area contributed by atoms with E-state index in [1.165, 1.54) is 17.7 Å². The molecule has 278 valence electrons. The Morgan fingerprint density at radius 3 is 2.11 bits per heavy atom. The zero-order chi connectivity index (χ0) is 38.5. The van der Waals surface area contributed by atoms with E-state index < -0.39 is 33.5 Å². The molecule has 0 radical (unpaired) electrons. The van der Waals surface area contributed by atoms with Crippen molar-refractivity contribution in [2.75, 3.05) is 12.8 Å². The van der Waals surface area contributed by atoms with Crippen molar-refractivity contribution in [3.05, 3.63) is 137 Å². The van der Waals surface area contributed by atoms with Crippen LogP contribution in [0.15, 0.2) is 109 Å². The summed E-state index contributed by atoms with van der Waals surface area (Å²) in [5, 5.41) is 11.6. The first-order valence-corrected chi connectivity index (χ1v) is 21.9. The predicted molar refractivity (Wildman–Crippen MR) is 218 cm³/mol. The molecule has 6 nitrogen and oxygen atoms in total. The summed E-state index contributed by atoms with van der Waals surface area (Å²) in [4.78, 5) is 17.4. The summed E-state index contributed by atoms with van der Waals surface area (Å²) in [5.74, 6) is 5.10. The van der Waals surface area contributed by atoms with Crippen LogP contribution in [0.4, 0.5) is 4.39 Å². The fourth-order valence-electron chi connectivity index (χ4n) is 7.59. The molecule has 0 spiro atoms. The minimum atomic E-state index is -3.12. The largest absolute Gasteiger partial charge is 0.481 e. The first kappa shape index (κ1) is 39.1. The van der Waals surface area contributed by atoms with Crippen molar-refractivity contribution in [3.8, 4) is 34.2 Å². The molecule has 0 amide bonds. The Labute approximate surface area is 319 Å². The molecule has 0 saturated heterocycles. The third-order valence-electron chi connectivity index (χ3n) is 10.00. The Morgan fingerprint density at radius 1 is 0.907 bits per heavy atom. The lowest BCUT2D eigenvalue weighted by molar-refractivity contribution is -0.138. The zero-order valence-corrected chi connectivity index (χ0v) is 33.5. The molecule has 2 atom stereocenters. The summed E-state index contributed by atoms with van der Waals surface area (Å²) in [6.45, 7) is 10.4. The minimum absolute atomic E-state index is 0.0309. The number of aromatic nitrogens is 1. The maximum atomic E-state index is 14.1. The van der Waals surface area contributed by atoms with Gasteiger partial charge in [0.25, 0.3) is 8.32 Å². The lowest BCUT2D eigenvalue weighted by Gasteiger charge is -2.45. The van der Waals surface area contributed by atoms with Gasteiger partial charge in [-0.05, 0) is 63.0 Å². The second kappa shape index (κ2) is 16.8. The Bertz CT molecular complexity index is 2150. The van der Waals surface area contributed by atoms with Crippen molar-refractivity contribution >= 4 is 32.7 Å². The number of carboxylic acid groups (broad SMARTS) is 1. The monoisotopic (exact) mass is 759 g/mol. The van der Waals surface area contributed by atoms with E-state index in [-0.39, 0.29) is 30.9 Å². The highest BCUT2D eigenvalue weighted by molar-refractivity contribution is 7.39. The van der Waals surface area contributed by atoms with Crippen LogP contribution in [0.1, 0.15) is 69.3 Å². The molecule has 2 unspecified atom stereocenters. The minimum Gasteiger partial charge on any atom is -0.481 e. The number of fused-ring (bicyclic) bond motifs is 3. The molecule has 0 fully saturated rings. The van der Waals surface area contributed by atoms with Crippen molar-refractivity contribution in [2.45, 2.75) is 70.9 Å². The predicted octanol–water partition coefficient (Wildman–Crippen LogP) is 9.04. The summed E-state index contributed by atoms with van der Waals surface area (Å²) in [6, 6.07) is 34.7. The number of hydrogen-bond acceptors (Lipinski definition) is 5. The highest BCUT2D eigenvalue weighted by Crippen LogP contribution is 2.42. The average Bonchev–Trinajstić information content (AvgIpc) is 3.15. The molecule has 54 heavy (non-hydrogen) atoms. The number of nitrogens with zero attached hydrogens (tertiary/aromatic N) is 1. The second-order valence-corrected chi connectivity index (χ2v) is 20.8. The van der Waals surface area contributed by atoms with Crippen LogP contribution in [0.5, 0.6) is 0 Å². The quantitative estimate of drug-likeness (QED) is 0.0777. The van der Waals surface area contributed by atoms with E-state index in [0.29, 0.717) is 0 Å². The van der Waals surface area contributed by atoms with E-state index in [4.69, 9.17) is 13.9 Å². The van der Waals surface area contributed by atoms with Crippen LogP contribution in [0.2, 0.25) is 5.04 Å². The van der Waals surface area contributed by atoms with Gasteiger partial charge in [-0.1, -0.05) is 144 Å². The van der Waals surface area contributed by atoms with Crippen LogP contribution in [0.25, 0.3) is 22.4 Å². The summed E-state index contributed by atoms with van der Waals surface area (Å²) < 4.78 is 40.7. The van der Waals surface area contributed by atoms with Crippen molar-refractivity contribution in [1.82, 2.24) is 4.98 Å². The fraction of sp³-hybridized carbons (Fsp3) is 0.289. The number of rotatable bonds is 12. The summed E-state index contributed by atoms with van der Waals surface area (Å²) in [5.41, 5.74) is 7.70. The van der Waals surface area contributed by atoms with Crippen LogP contribution < -0.4 is 10.4 Å². The van der Waals surface area contributed by atoms with Crippen molar-refractivity contribution in [3.63, 3.8) is 0 Å². The van der Waals surface area contributed by atoms with Gasteiger partial charge in [0.1, 0.15) is 12.4 Å². The molecule has 6 rings (SSSR count). The van der Waals surface area contributed by atoms with E-state index in [9.17, 15) is 18.9 Å². The number of benzene rings is 4. The van der Waals surface area contributed by atoms with Gasteiger partial charge < -0.3 is 14.1 Å². The molecular formula is C45H47FNO5PSi. The van der Waals surface area contributed by atoms with Gasteiger partial charge in [0.2, 0.25) is 0 Å². The highest BCUT2D eigenvalue weighted by atomic mass is 31.1. The number of halogens is 1. The van der Waals surface area contributed by atoms with Crippen LogP contribution >= 0.6 is 8.03 Å². The molecule has 0 saturated carbocycles. The number of aliphatic carboxylic acids is 1. The fourth-order valence-corrected chi connectivity index (χ4v) is 13.4. The first-order chi connectivity index (χ1) is 25.9. The highest BCUT2D eigenvalue weighted by Gasteiger charge is 2.51. The first-order valence-electron chi connectivity index (χ1n) is 18.4. The molecule has 1 aliphatic carbocycles. The van der Waals surface area contributed by atoms with Gasteiger partial charge in [0.05, 0.1) is 29.5 Å². The molecule has 1 N–H and O–H groups in total. The van der Waals surface area contributed by atoms with E-state index in [2.05, 4.69) is 58.6 Å². The topological polar surface area (TPSA) is 85.7 Å². The summed E-state index contributed by atoms with van der Waals surface area (Å²) >= 11 is 0. The van der Waals surface area contributed by atoms with Crippen LogP contribution in [0.3, 0.4) is 0 Å². The molecule has 1 heterocycles. The van der Waals surface area contributed by atoms with E-state index in [0.717, 1.165) is 62.4 Å². The van der Waals surface area contributed by atoms with Crippen molar-refractivity contribution in [1.29, 1.82) is 0 Å². The molecule has 4 aromatic carbocycles. The lowest BCUT2D eigenvalue weighted by atomic mass is 9.81. The van der Waals surface area contributed by atoms with Gasteiger partial charge in [-0.15, -0.1) is 0 Å². The summed E-state index contributed by atoms with van der Waals surface area (Å²) in [7, 11) is -5.90. The van der Waals surface area contributed by atoms with E-state index in [1.807, 2.05) is 72.8 Å². The van der Waals surface area contributed by atoms with Crippen LogP contribution in [-0.2, 0) is 31.2 Å². The number of hydrogen-bond donors (Lipinski definition) is 1. The zero-order valence-electron chi connectivity index (χ0n) is 31.5. The Hall–Kier alpha value is -4.64. The average molecular weight is 760 g/mol. The number of carbonyl (C=O) groups is 1. The van der Waals surface area contributed by atoms with Crippen molar-refractivity contribution < 1.29 is 27.8 Å². The van der Waals surface area contributed by atoms with Crippen molar-refractivity contribution in [2.24, 2.45) is 0 Å². The maximum Gasteiger partial charge on any atom is 0.305 e. The van der Waals surface area contributed by atoms with Gasteiger partial charge in [0.15, 0.2) is 8.03 Å².